The van der Waals surface area contributed by atoms with Gasteiger partial charge in [0, 0.05) is 12.1 Å². The zero-order chi connectivity index (χ0) is 13.7. The van der Waals surface area contributed by atoms with Crippen LogP contribution < -0.4 is 0 Å². The van der Waals surface area contributed by atoms with Gasteiger partial charge in [-0.1, -0.05) is 0 Å². The molecule has 17 heavy (non-hydrogen) atoms. The van der Waals surface area contributed by atoms with Crippen LogP contribution in [0.1, 0.15) is 0 Å². The van der Waals surface area contributed by atoms with Crippen LogP contribution in [0.25, 0.3) is 0 Å². The molecule has 0 aliphatic rings. The van der Waals surface area contributed by atoms with Crippen molar-refractivity contribution in [1.29, 1.82) is 0 Å². The van der Waals surface area contributed by atoms with Crippen molar-refractivity contribution in [2.45, 2.75) is 51.4 Å². The molecule has 0 fully saturated rings. The average molecular weight is 285 g/mol. The summed E-state index contributed by atoms with van der Waals surface area (Å²) in [6, 6.07) is 1.45. The summed E-state index contributed by atoms with van der Waals surface area (Å²) in [5, 5.41) is 0. The molecule has 0 atom stereocenters. The van der Waals surface area contributed by atoms with Gasteiger partial charge >= 0.3 is 8.56 Å². The maximum Gasteiger partial charge on any atom is 0.311 e. The van der Waals surface area contributed by atoms with E-state index in [-0.39, 0.29) is 0 Å². The third kappa shape index (κ3) is 7.59. The van der Waals surface area contributed by atoms with E-state index in [1.807, 2.05) is 0 Å². The predicted octanol–water partition coefficient (Wildman–Crippen LogP) is 3.40. The summed E-state index contributed by atoms with van der Waals surface area (Å²) in [4.78, 5) is 0. The Kier molecular flexibility index (Phi) is 5.92. The number of hydrogen-bond donors (Lipinski definition) is 0. The zero-order valence-electron chi connectivity index (χ0n) is 11.9. The Morgan fingerprint density at radius 3 is 1.29 bits per heavy atom. The maximum atomic E-state index is 6.23. The first-order valence-electron chi connectivity index (χ1n) is 5.81. The molecular weight excluding hydrogens is 260 g/mol. The Morgan fingerprint density at radius 2 is 1.06 bits per heavy atom. The van der Waals surface area contributed by atoms with Gasteiger partial charge in [0.2, 0.25) is 0 Å². The maximum absolute atomic E-state index is 6.23. The van der Waals surface area contributed by atoms with Crippen LogP contribution in [0.2, 0.25) is 51.4 Å². The molecule has 0 unspecified atom stereocenters. The van der Waals surface area contributed by atoms with Crippen molar-refractivity contribution in [1.82, 2.24) is 0 Å². The fraction of sp³-hybridized carbons (Fsp3) is 0.667. The summed E-state index contributed by atoms with van der Waals surface area (Å²) in [7, 11) is -5.70. The van der Waals surface area contributed by atoms with Gasteiger partial charge in [-0.2, -0.15) is 0 Å². The first-order chi connectivity index (χ1) is 7.54. The highest BCUT2D eigenvalue weighted by atomic mass is 28.5. The highest BCUT2D eigenvalue weighted by Crippen LogP contribution is 2.23. The van der Waals surface area contributed by atoms with Crippen LogP contribution in [0.4, 0.5) is 0 Å². The van der Waals surface area contributed by atoms with Crippen molar-refractivity contribution in [2.24, 2.45) is 0 Å². The van der Waals surface area contributed by atoms with E-state index in [1.165, 1.54) is 0 Å². The van der Waals surface area contributed by atoms with E-state index in [9.17, 15) is 0 Å². The van der Waals surface area contributed by atoms with Gasteiger partial charge in [-0.15, -0.1) is 24.7 Å². The molecular formula is C12H24O2Si3. The Hall–Kier alpha value is -0.309. The van der Waals surface area contributed by atoms with Crippen LogP contribution in [-0.2, 0) is 8.23 Å². The largest absolute Gasteiger partial charge is 0.436 e. The molecule has 0 rings (SSSR count). The number of rotatable bonds is 6. The zero-order valence-corrected chi connectivity index (χ0v) is 14.9. The standard InChI is InChI=1S/C12H24O2Si3/c1-9-11-15(3,4)13-17(7,8)14-16(5,6)12-10-2/h1-2H,11-12H2,3-8H3. The molecule has 0 radical (unpaired) electrons. The van der Waals surface area contributed by atoms with Crippen LogP contribution in [0, 0.1) is 24.7 Å². The van der Waals surface area contributed by atoms with Crippen LogP contribution in [0.5, 0.6) is 0 Å². The minimum Gasteiger partial charge on any atom is -0.436 e. The smallest absolute Gasteiger partial charge is 0.311 e. The molecule has 0 aromatic rings. The van der Waals surface area contributed by atoms with E-state index in [4.69, 9.17) is 21.1 Å². The lowest BCUT2D eigenvalue weighted by atomic mass is 10.8. The van der Waals surface area contributed by atoms with Crippen LogP contribution in [0.15, 0.2) is 0 Å². The molecule has 0 heterocycles. The Balaban J connectivity index is 4.60. The van der Waals surface area contributed by atoms with Crippen molar-refractivity contribution in [3.05, 3.63) is 0 Å². The topological polar surface area (TPSA) is 18.5 Å². The molecule has 0 saturated carbocycles. The van der Waals surface area contributed by atoms with Crippen molar-refractivity contribution in [2.75, 3.05) is 0 Å². The van der Waals surface area contributed by atoms with E-state index in [1.54, 1.807) is 0 Å². The SMILES string of the molecule is C#CC[Si](C)(C)O[Si](C)(C)O[Si](C)(C)CC#C. The van der Waals surface area contributed by atoms with E-state index >= 15 is 0 Å². The first kappa shape index (κ1) is 16.7. The lowest BCUT2D eigenvalue weighted by Gasteiger charge is -2.37. The number of terminal acetylenes is 2. The second-order valence-electron chi connectivity index (χ2n) is 5.89. The lowest BCUT2D eigenvalue weighted by Crippen LogP contribution is -2.52. The van der Waals surface area contributed by atoms with Crippen LogP contribution in [0.3, 0.4) is 0 Å². The molecule has 0 aliphatic heterocycles. The predicted molar refractivity (Wildman–Crippen MR) is 81.9 cm³/mol. The van der Waals surface area contributed by atoms with Gasteiger partial charge in [0.15, 0.2) is 16.6 Å². The van der Waals surface area contributed by atoms with Gasteiger partial charge in [-0.25, -0.2) is 0 Å². The van der Waals surface area contributed by atoms with E-state index in [2.05, 4.69) is 51.1 Å². The van der Waals surface area contributed by atoms with Gasteiger partial charge in [0.05, 0.1) is 0 Å². The minimum atomic E-state index is -2.12. The lowest BCUT2D eigenvalue weighted by molar-refractivity contribution is 0.392. The molecule has 0 aromatic carbocycles. The fourth-order valence-corrected chi connectivity index (χ4v) is 14.7. The van der Waals surface area contributed by atoms with E-state index in [0.717, 1.165) is 12.1 Å². The quantitative estimate of drug-likeness (QED) is 0.550. The monoisotopic (exact) mass is 284 g/mol. The molecule has 0 amide bonds. The van der Waals surface area contributed by atoms with Crippen molar-refractivity contribution in [3.8, 4) is 24.7 Å². The molecule has 0 spiro atoms. The van der Waals surface area contributed by atoms with Gasteiger partial charge in [-0.3, -0.25) is 0 Å². The van der Waals surface area contributed by atoms with Crippen molar-refractivity contribution in [3.63, 3.8) is 0 Å². The third-order valence-electron chi connectivity index (χ3n) is 2.10. The average Bonchev–Trinajstić information content (AvgIpc) is 1.96. The van der Waals surface area contributed by atoms with Gasteiger partial charge in [0.25, 0.3) is 0 Å². The summed E-state index contributed by atoms with van der Waals surface area (Å²) in [5.74, 6) is 5.40. The Morgan fingerprint density at radius 1 is 0.765 bits per heavy atom. The third-order valence-corrected chi connectivity index (χ3v) is 12.6. The molecule has 0 aromatic heterocycles. The summed E-state index contributed by atoms with van der Waals surface area (Å²) >= 11 is 0. The Bertz CT molecular complexity index is 303. The second kappa shape index (κ2) is 6.03. The summed E-state index contributed by atoms with van der Waals surface area (Å²) in [6.45, 7) is 12.7. The highest BCUT2D eigenvalue weighted by Gasteiger charge is 2.38. The van der Waals surface area contributed by atoms with Gasteiger partial charge < -0.3 is 8.23 Å². The molecule has 0 aliphatic carbocycles. The van der Waals surface area contributed by atoms with Gasteiger partial charge in [-0.05, 0) is 39.3 Å². The van der Waals surface area contributed by atoms with Crippen LogP contribution in [-0.4, -0.2) is 25.2 Å². The fourth-order valence-electron chi connectivity index (χ4n) is 1.92. The van der Waals surface area contributed by atoms with Crippen molar-refractivity contribution >= 4 is 25.2 Å². The Labute approximate surface area is 110 Å². The van der Waals surface area contributed by atoms with E-state index < -0.39 is 25.2 Å². The summed E-state index contributed by atoms with van der Waals surface area (Å²) in [5.41, 5.74) is 0. The molecule has 2 nitrogen and oxygen atoms in total. The first-order valence-corrected chi connectivity index (χ1v) is 14.9. The van der Waals surface area contributed by atoms with Gasteiger partial charge in [0.1, 0.15) is 0 Å². The molecule has 0 saturated heterocycles. The normalized spacial score (nSPS) is 12.9. The molecule has 96 valence electrons. The van der Waals surface area contributed by atoms with E-state index in [0.29, 0.717) is 0 Å². The summed E-state index contributed by atoms with van der Waals surface area (Å²) < 4.78 is 12.5. The molecule has 5 heteroatoms. The van der Waals surface area contributed by atoms with Crippen molar-refractivity contribution < 1.29 is 8.23 Å². The number of hydrogen-bond acceptors (Lipinski definition) is 2. The van der Waals surface area contributed by atoms with Crippen LogP contribution >= 0.6 is 0 Å². The molecule has 0 N–H and O–H groups in total. The summed E-state index contributed by atoms with van der Waals surface area (Å²) in [6.07, 6.45) is 10.7. The minimum absolute atomic E-state index is 0.726. The second-order valence-corrected chi connectivity index (χ2v) is 18.1. The molecule has 0 bridgehead atoms. The highest BCUT2D eigenvalue weighted by molar-refractivity contribution is 6.88.